The molecule has 1 aromatic heterocycles. The first kappa shape index (κ1) is 20.1. The minimum atomic E-state index is -0.177. The zero-order chi connectivity index (χ0) is 19.8. The molecule has 6 heteroatoms. The SMILES string of the molecule is COc1cc(CNCCc2ccccc2F)cc(Cl)c1OCc1cccnc1. The van der Waals surface area contributed by atoms with E-state index in [0.29, 0.717) is 48.2 Å². The predicted molar refractivity (Wildman–Crippen MR) is 108 cm³/mol. The summed E-state index contributed by atoms with van der Waals surface area (Å²) in [5.41, 5.74) is 2.60. The number of methoxy groups -OCH3 is 1. The molecule has 0 bridgehead atoms. The van der Waals surface area contributed by atoms with Crippen molar-refractivity contribution in [1.29, 1.82) is 0 Å². The highest BCUT2D eigenvalue weighted by molar-refractivity contribution is 6.32. The largest absolute Gasteiger partial charge is 0.493 e. The van der Waals surface area contributed by atoms with Gasteiger partial charge < -0.3 is 14.8 Å². The number of rotatable bonds is 9. The maximum Gasteiger partial charge on any atom is 0.180 e. The summed E-state index contributed by atoms with van der Waals surface area (Å²) in [7, 11) is 1.58. The summed E-state index contributed by atoms with van der Waals surface area (Å²) in [6, 6.07) is 14.3. The number of hydrogen-bond donors (Lipinski definition) is 1. The van der Waals surface area contributed by atoms with Gasteiger partial charge >= 0.3 is 0 Å². The molecule has 0 aliphatic rings. The lowest BCUT2D eigenvalue weighted by atomic mass is 10.1. The van der Waals surface area contributed by atoms with E-state index in [1.165, 1.54) is 6.07 Å². The maximum absolute atomic E-state index is 13.7. The van der Waals surface area contributed by atoms with Crippen LogP contribution < -0.4 is 14.8 Å². The van der Waals surface area contributed by atoms with Gasteiger partial charge in [0.2, 0.25) is 0 Å². The Balaban J connectivity index is 1.58. The molecule has 0 unspecified atom stereocenters. The highest BCUT2D eigenvalue weighted by atomic mass is 35.5. The smallest absolute Gasteiger partial charge is 0.180 e. The van der Waals surface area contributed by atoms with Crippen LogP contribution in [0.4, 0.5) is 4.39 Å². The van der Waals surface area contributed by atoms with Crippen molar-refractivity contribution < 1.29 is 13.9 Å². The average molecular weight is 401 g/mol. The van der Waals surface area contributed by atoms with Crippen LogP contribution in [0.2, 0.25) is 5.02 Å². The van der Waals surface area contributed by atoms with Crippen molar-refractivity contribution in [2.24, 2.45) is 0 Å². The van der Waals surface area contributed by atoms with Crippen molar-refractivity contribution in [2.75, 3.05) is 13.7 Å². The molecule has 28 heavy (non-hydrogen) atoms. The molecule has 0 spiro atoms. The Kier molecular flexibility index (Phi) is 7.23. The first-order chi connectivity index (χ1) is 13.7. The van der Waals surface area contributed by atoms with Crippen molar-refractivity contribution in [1.82, 2.24) is 10.3 Å². The fourth-order valence-electron chi connectivity index (χ4n) is 2.81. The van der Waals surface area contributed by atoms with E-state index in [0.717, 1.165) is 11.1 Å². The summed E-state index contributed by atoms with van der Waals surface area (Å²) >= 11 is 6.41. The van der Waals surface area contributed by atoms with Crippen LogP contribution in [0.1, 0.15) is 16.7 Å². The molecule has 1 N–H and O–H groups in total. The number of nitrogens with zero attached hydrogens (tertiary/aromatic N) is 1. The Labute approximate surface area is 169 Å². The summed E-state index contributed by atoms with van der Waals surface area (Å²) < 4.78 is 24.9. The standard InChI is InChI=1S/C22H22ClFN2O2/c1-27-21-12-17(14-26-10-8-18-6-2-3-7-20(18)24)11-19(23)22(21)28-15-16-5-4-9-25-13-16/h2-7,9,11-13,26H,8,10,14-15H2,1H3. The number of benzene rings is 2. The molecule has 0 atom stereocenters. The zero-order valence-corrected chi connectivity index (χ0v) is 16.4. The topological polar surface area (TPSA) is 43.4 Å². The highest BCUT2D eigenvalue weighted by Gasteiger charge is 2.12. The van der Waals surface area contributed by atoms with E-state index in [9.17, 15) is 4.39 Å². The minimum Gasteiger partial charge on any atom is -0.493 e. The fraction of sp³-hybridized carbons (Fsp3) is 0.227. The van der Waals surface area contributed by atoms with E-state index in [-0.39, 0.29) is 5.82 Å². The van der Waals surface area contributed by atoms with Crippen molar-refractivity contribution in [2.45, 2.75) is 19.6 Å². The average Bonchev–Trinajstić information content (AvgIpc) is 2.72. The Bertz CT molecular complexity index is 906. The molecule has 0 aliphatic heterocycles. The molecule has 0 amide bonds. The second-order valence-corrected chi connectivity index (χ2v) is 6.68. The van der Waals surface area contributed by atoms with Crippen molar-refractivity contribution in [3.8, 4) is 11.5 Å². The minimum absolute atomic E-state index is 0.177. The van der Waals surface area contributed by atoms with Crippen molar-refractivity contribution in [3.05, 3.63) is 88.5 Å². The number of ether oxygens (including phenoxy) is 2. The third kappa shape index (κ3) is 5.44. The van der Waals surface area contributed by atoms with Gasteiger partial charge in [0, 0.05) is 24.5 Å². The molecule has 1 heterocycles. The van der Waals surface area contributed by atoms with E-state index in [4.69, 9.17) is 21.1 Å². The van der Waals surface area contributed by atoms with Crippen LogP contribution in [0.25, 0.3) is 0 Å². The second kappa shape index (κ2) is 10.1. The molecular formula is C22H22ClFN2O2. The lowest BCUT2D eigenvalue weighted by Gasteiger charge is -2.14. The van der Waals surface area contributed by atoms with Crippen LogP contribution >= 0.6 is 11.6 Å². The first-order valence-corrected chi connectivity index (χ1v) is 9.37. The highest BCUT2D eigenvalue weighted by Crippen LogP contribution is 2.37. The van der Waals surface area contributed by atoms with Crippen LogP contribution in [-0.4, -0.2) is 18.6 Å². The van der Waals surface area contributed by atoms with Gasteiger partial charge in [-0.1, -0.05) is 35.9 Å². The Morgan fingerprint density at radius 3 is 2.71 bits per heavy atom. The number of pyridine rings is 1. The lowest BCUT2D eigenvalue weighted by Crippen LogP contribution is -2.17. The zero-order valence-electron chi connectivity index (χ0n) is 15.6. The fourth-order valence-corrected chi connectivity index (χ4v) is 3.10. The Morgan fingerprint density at radius 2 is 1.96 bits per heavy atom. The van der Waals surface area contributed by atoms with Gasteiger partial charge in [-0.25, -0.2) is 4.39 Å². The molecule has 146 valence electrons. The summed E-state index contributed by atoms with van der Waals surface area (Å²) in [4.78, 5) is 4.07. The van der Waals surface area contributed by atoms with Gasteiger partial charge in [0.05, 0.1) is 12.1 Å². The Hall–Kier alpha value is -2.63. The van der Waals surface area contributed by atoms with Crippen LogP contribution in [0.3, 0.4) is 0 Å². The van der Waals surface area contributed by atoms with E-state index >= 15 is 0 Å². The van der Waals surface area contributed by atoms with Gasteiger partial charge in [-0.3, -0.25) is 4.98 Å². The molecule has 2 aromatic carbocycles. The lowest BCUT2D eigenvalue weighted by molar-refractivity contribution is 0.284. The molecule has 0 aliphatic carbocycles. The van der Waals surface area contributed by atoms with E-state index in [1.54, 1.807) is 31.6 Å². The van der Waals surface area contributed by atoms with Gasteiger partial charge in [0.1, 0.15) is 12.4 Å². The van der Waals surface area contributed by atoms with Gasteiger partial charge in [-0.15, -0.1) is 0 Å². The summed E-state index contributed by atoms with van der Waals surface area (Å²) in [5.74, 6) is 0.898. The third-order valence-corrected chi connectivity index (χ3v) is 4.53. The van der Waals surface area contributed by atoms with Crippen LogP contribution in [0.5, 0.6) is 11.5 Å². The van der Waals surface area contributed by atoms with Gasteiger partial charge in [0.15, 0.2) is 11.5 Å². The molecule has 3 rings (SSSR count). The third-order valence-electron chi connectivity index (χ3n) is 4.25. The predicted octanol–water partition coefficient (Wildman–Crippen LogP) is 4.79. The Morgan fingerprint density at radius 1 is 1.11 bits per heavy atom. The van der Waals surface area contributed by atoms with Crippen LogP contribution in [0, 0.1) is 5.82 Å². The summed E-state index contributed by atoms with van der Waals surface area (Å²) in [6.07, 6.45) is 4.07. The molecule has 0 saturated heterocycles. The van der Waals surface area contributed by atoms with Crippen molar-refractivity contribution >= 4 is 11.6 Å². The normalized spacial score (nSPS) is 10.7. The van der Waals surface area contributed by atoms with E-state index in [1.807, 2.05) is 30.3 Å². The molecular weight excluding hydrogens is 379 g/mol. The molecule has 3 aromatic rings. The van der Waals surface area contributed by atoms with Crippen LogP contribution in [-0.2, 0) is 19.6 Å². The maximum atomic E-state index is 13.7. The second-order valence-electron chi connectivity index (χ2n) is 6.28. The van der Waals surface area contributed by atoms with E-state index in [2.05, 4.69) is 10.3 Å². The van der Waals surface area contributed by atoms with Crippen molar-refractivity contribution in [3.63, 3.8) is 0 Å². The summed E-state index contributed by atoms with van der Waals surface area (Å²) in [6.45, 7) is 1.59. The first-order valence-electron chi connectivity index (χ1n) is 8.99. The number of aromatic nitrogens is 1. The molecule has 0 saturated carbocycles. The van der Waals surface area contributed by atoms with Gasteiger partial charge in [0.25, 0.3) is 0 Å². The summed E-state index contributed by atoms with van der Waals surface area (Å²) in [5, 5.41) is 3.78. The van der Waals surface area contributed by atoms with Gasteiger partial charge in [-0.05, 0) is 48.4 Å². The molecule has 4 nitrogen and oxygen atoms in total. The number of halogens is 2. The number of hydrogen-bond acceptors (Lipinski definition) is 4. The van der Waals surface area contributed by atoms with E-state index < -0.39 is 0 Å². The quantitative estimate of drug-likeness (QED) is 0.524. The molecule has 0 radical (unpaired) electrons. The monoisotopic (exact) mass is 400 g/mol. The number of nitrogens with one attached hydrogen (secondary N) is 1. The van der Waals surface area contributed by atoms with Crippen LogP contribution in [0.15, 0.2) is 60.9 Å². The van der Waals surface area contributed by atoms with Gasteiger partial charge in [-0.2, -0.15) is 0 Å². The molecule has 0 fully saturated rings.